The third-order valence-corrected chi connectivity index (χ3v) is 12.3. The molecule has 0 aliphatic heterocycles. The van der Waals surface area contributed by atoms with Crippen LogP contribution in [0.4, 0.5) is 0 Å². The molecule has 0 fully saturated rings. The molecule has 199 valence electrons. The summed E-state index contributed by atoms with van der Waals surface area (Å²) in [6.45, 7) is 20.8. The van der Waals surface area contributed by atoms with Crippen LogP contribution in [0.3, 0.4) is 0 Å². The van der Waals surface area contributed by atoms with Gasteiger partial charge in [0.05, 0.1) is 0 Å². The molecule has 0 saturated carbocycles. The van der Waals surface area contributed by atoms with Crippen LogP contribution in [0, 0.1) is 0 Å². The van der Waals surface area contributed by atoms with E-state index >= 15 is 0 Å². The molecule has 0 heterocycles. The number of rotatable bonds is 9. The third kappa shape index (κ3) is 9.40. The molecule has 0 aliphatic carbocycles. The van der Waals surface area contributed by atoms with Crippen LogP contribution in [0.25, 0.3) is 0 Å². The summed E-state index contributed by atoms with van der Waals surface area (Å²) >= 11 is -2.31. The van der Waals surface area contributed by atoms with Gasteiger partial charge in [-0.1, -0.05) is 0 Å². The molecule has 0 unspecified atom stereocenters. The van der Waals surface area contributed by atoms with Crippen LogP contribution in [0.1, 0.15) is 79.0 Å². The van der Waals surface area contributed by atoms with E-state index < -0.39 is 14.3 Å². The van der Waals surface area contributed by atoms with Crippen LogP contribution >= 0.6 is 0 Å². The first-order valence-electron chi connectivity index (χ1n) is 13.3. The Morgan fingerprint density at radius 1 is 0.432 bits per heavy atom. The van der Waals surface area contributed by atoms with Crippen molar-refractivity contribution in [1.82, 2.24) is 0 Å². The van der Waals surface area contributed by atoms with Crippen LogP contribution in [-0.4, -0.2) is 31.2 Å². The Hall–Kier alpha value is -1.92. The van der Waals surface area contributed by atoms with Crippen LogP contribution < -0.4 is 13.2 Å². The minimum absolute atomic E-state index is 0.204. The van der Waals surface area contributed by atoms with Crippen molar-refractivity contribution < 1.29 is 14.2 Å². The van der Waals surface area contributed by atoms with Gasteiger partial charge < -0.3 is 0 Å². The van der Waals surface area contributed by atoms with Crippen LogP contribution in [0.2, 0.25) is 0 Å². The van der Waals surface area contributed by atoms with Gasteiger partial charge in [-0.2, -0.15) is 0 Å². The van der Waals surface area contributed by atoms with E-state index in [1.54, 1.807) is 0 Å². The Balaban J connectivity index is 2.18. The molecule has 0 bridgehead atoms. The van der Waals surface area contributed by atoms with E-state index in [0.717, 1.165) is 0 Å². The van der Waals surface area contributed by atoms with Gasteiger partial charge in [0.1, 0.15) is 0 Å². The zero-order valence-corrected chi connectivity index (χ0v) is 26.4. The van der Waals surface area contributed by atoms with E-state index in [1.165, 1.54) is 29.9 Å². The van der Waals surface area contributed by atoms with E-state index in [4.69, 9.17) is 14.2 Å². The van der Waals surface area contributed by atoms with E-state index in [0.29, 0.717) is 19.8 Å². The van der Waals surface area contributed by atoms with Crippen molar-refractivity contribution in [2.45, 2.75) is 98.9 Å². The second-order valence-electron chi connectivity index (χ2n) is 12.5. The summed E-state index contributed by atoms with van der Waals surface area (Å²) < 4.78 is 23.1. The fraction of sp³-hybridized carbons (Fsp3) is 0.455. The summed E-state index contributed by atoms with van der Waals surface area (Å²) in [6.07, 6.45) is 0. The average molecular weight is 562 g/mol. The maximum atomic E-state index is 6.30. The molecule has 0 atom stereocenters. The van der Waals surface area contributed by atoms with Crippen molar-refractivity contribution >= 4 is 27.5 Å². The molecule has 4 heteroatoms. The average Bonchev–Trinajstić information content (AvgIpc) is 2.81. The second-order valence-corrected chi connectivity index (χ2v) is 17.5. The van der Waals surface area contributed by atoms with Crippen molar-refractivity contribution in [3.63, 3.8) is 0 Å². The standard InChI is InChI=1S/C33H45GeO3/c1-31(2,3)35-22-25-16-10-13-19-28(25)34(29-20-14-11-17-26(29)23-36-32(4,5)6)30-21-15-12-18-27(30)24-37-33(7,8)9/h10-21H,22-24H2,1-9H3. The predicted octanol–water partition coefficient (Wildman–Crippen LogP) is 6.15. The third-order valence-electron chi connectivity index (χ3n) is 5.84. The molecule has 3 rings (SSSR count). The van der Waals surface area contributed by atoms with E-state index in [-0.39, 0.29) is 16.8 Å². The number of benzene rings is 3. The van der Waals surface area contributed by atoms with E-state index in [1.807, 2.05) is 0 Å². The fourth-order valence-electron chi connectivity index (χ4n) is 3.99. The first kappa shape index (κ1) is 29.6. The summed E-state index contributed by atoms with van der Waals surface area (Å²) in [5.41, 5.74) is 3.19. The zero-order valence-electron chi connectivity index (χ0n) is 24.3. The SMILES string of the molecule is CC(C)(C)OCc1cccc[c]1[Ge]([c]1ccccc1COC(C)(C)C)[c]1ccccc1COC(C)(C)C. The first-order chi connectivity index (χ1) is 17.2. The van der Waals surface area contributed by atoms with Crippen molar-refractivity contribution in [3.8, 4) is 0 Å². The van der Waals surface area contributed by atoms with Crippen LogP contribution in [-0.2, 0) is 34.0 Å². The molecule has 0 saturated heterocycles. The van der Waals surface area contributed by atoms with Gasteiger partial charge in [0, 0.05) is 0 Å². The molecule has 0 aromatic heterocycles. The van der Waals surface area contributed by atoms with Gasteiger partial charge in [0.2, 0.25) is 0 Å². The first-order valence-corrected chi connectivity index (χ1v) is 16.4. The molecule has 37 heavy (non-hydrogen) atoms. The normalized spacial score (nSPS) is 12.8. The summed E-state index contributed by atoms with van der Waals surface area (Å²) in [4.78, 5) is 0. The van der Waals surface area contributed by atoms with Crippen molar-refractivity contribution in [1.29, 1.82) is 0 Å². The molecule has 0 N–H and O–H groups in total. The summed E-state index contributed by atoms with van der Waals surface area (Å²) in [7, 11) is 0. The molecule has 3 aromatic carbocycles. The van der Waals surface area contributed by atoms with Crippen molar-refractivity contribution in [2.24, 2.45) is 0 Å². The monoisotopic (exact) mass is 563 g/mol. The summed E-state index contributed by atoms with van der Waals surface area (Å²) in [5.74, 6) is 0. The van der Waals surface area contributed by atoms with E-state index in [2.05, 4.69) is 135 Å². The van der Waals surface area contributed by atoms with Crippen LogP contribution in [0.15, 0.2) is 72.8 Å². The molecule has 0 aliphatic rings. The minimum atomic E-state index is -2.31. The van der Waals surface area contributed by atoms with Gasteiger partial charge in [-0.25, -0.2) is 0 Å². The topological polar surface area (TPSA) is 27.7 Å². The Labute approximate surface area is 229 Å². The Bertz CT molecular complexity index is 1000. The Morgan fingerprint density at radius 3 is 0.919 bits per heavy atom. The molecular formula is C33H45GeO3. The number of hydrogen-bond donors (Lipinski definition) is 0. The van der Waals surface area contributed by atoms with Gasteiger partial charge >= 0.3 is 230 Å². The second kappa shape index (κ2) is 12.3. The fourth-order valence-corrected chi connectivity index (χ4v) is 10.5. The van der Waals surface area contributed by atoms with Gasteiger partial charge in [-0.3, -0.25) is 0 Å². The Kier molecular flexibility index (Phi) is 9.85. The summed E-state index contributed by atoms with van der Waals surface area (Å²) in [5, 5.41) is 0. The van der Waals surface area contributed by atoms with Gasteiger partial charge in [-0.15, -0.1) is 0 Å². The molecule has 3 nitrogen and oxygen atoms in total. The summed E-state index contributed by atoms with van der Waals surface area (Å²) in [6, 6.07) is 26.6. The van der Waals surface area contributed by atoms with E-state index in [9.17, 15) is 0 Å². The molecule has 0 amide bonds. The quantitative estimate of drug-likeness (QED) is 0.293. The van der Waals surface area contributed by atoms with Gasteiger partial charge in [0.25, 0.3) is 0 Å². The predicted molar refractivity (Wildman–Crippen MR) is 158 cm³/mol. The van der Waals surface area contributed by atoms with Crippen LogP contribution in [0.5, 0.6) is 0 Å². The number of hydrogen-bond acceptors (Lipinski definition) is 3. The maximum absolute atomic E-state index is 6.30. The number of ether oxygens (including phenoxy) is 3. The Morgan fingerprint density at radius 2 is 0.676 bits per heavy atom. The molecule has 0 spiro atoms. The molecule has 3 aromatic rings. The van der Waals surface area contributed by atoms with Crippen molar-refractivity contribution in [2.75, 3.05) is 0 Å². The zero-order chi connectivity index (χ0) is 27.3. The molecular weight excluding hydrogens is 517 g/mol. The van der Waals surface area contributed by atoms with Crippen molar-refractivity contribution in [3.05, 3.63) is 89.5 Å². The van der Waals surface area contributed by atoms with Gasteiger partial charge in [-0.05, 0) is 0 Å². The van der Waals surface area contributed by atoms with Gasteiger partial charge in [0.15, 0.2) is 0 Å². The molecule has 1 radical (unpaired) electrons.